The zero-order valence-electron chi connectivity index (χ0n) is 11.7. The summed E-state index contributed by atoms with van der Waals surface area (Å²) in [6.07, 6.45) is 6.80. The number of aliphatic imine (C=N–C) groups is 2. The summed E-state index contributed by atoms with van der Waals surface area (Å²) in [7, 11) is 0. The van der Waals surface area contributed by atoms with Crippen LogP contribution in [-0.4, -0.2) is 27.4 Å². The second-order valence-corrected chi connectivity index (χ2v) is 4.38. The Morgan fingerprint density at radius 2 is 1.18 bits per heavy atom. The van der Waals surface area contributed by atoms with E-state index in [2.05, 4.69) is 24.9 Å². The van der Waals surface area contributed by atoms with Gasteiger partial charge in [0.15, 0.2) is 11.6 Å². The molecule has 22 heavy (non-hydrogen) atoms. The standard InChI is InChI=1S/C17H13N5/c1-3-10-18-14(6-1)12-20-16-8-5-9-17(22-16)21-13-15-7-2-4-11-19-15/h1-13H/b20-12+,21-13?. The molecule has 0 amide bonds. The maximum Gasteiger partial charge on any atom is 0.154 e. The highest BCUT2D eigenvalue weighted by molar-refractivity contribution is 5.80. The van der Waals surface area contributed by atoms with Gasteiger partial charge >= 0.3 is 0 Å². The molecule has 0 aliphatic heterocycles. The van der Waals surface area contributed by atoms with Crippen LogP contribution in [0.5, 0.6) is 0 Å². The van der Waals surface area contributed by atoms with Crippen molar-refractivity contribution in [2.45, 2.75) is 0 Å². The van der Waals surface area contributed by atoms with Crippen LogP contribution in [0.25, 0.3) is 0 Å². The molecule has 3 heterocycles. The summed E-state index contributed by atoms with van der Waals surface area (Å²) in [4.78, 5) is 21.3. The number of pyridine rings is 3. The van der Waals surface area contributed by atoms with E-state index in [9.17, 15) is 0 Å². The molecular weight excluding hydrogens is 274 g/mol. The molecule has 0 aliphatic rings. The topological polar surface area (TPSA) is 63.4 Å². The zero-order chi connectivity index (χ0) is 15.0. The first-order valence-electron chi connectivity index (χ1n) is 6.77. The lowest BCUT2D eigenvalue weighted by Gasteiger charge is -1.96. The van der Waals surface area contributed by atoms with Gasteiger partial charge in [0, 0.05) is 12.4 Å². The van der Waals surface area contributed by atoms with Crippen LogP contribution in [0.3, 0.4) is 0 Å². The SMILES string of the molecule is C(=Nc1cccc(/N=C/c2ccccn2)n1)c1ccccn1. The number of rotatable bonds is 4. The molecule has 0 aliphatic carbocycles. The smallest absolute Gasteiger partial charge is 0.154 e. The highest BCUT2D eigenvalue weighted by Crippen LogP contribution is 2.14. The molecule has 0 N–H and O–H groups in total. The Hall–Kier alpha value is -3.21. The summed E-state index contributed by atoms with van der Waals surface area (Å²) in [6.45, 7) is 0. The minimum Gasteiger partial charge on any atom is -0.255 e. The van der Waals surface area contributed by atoms with Gasteiger partial charge < -0.3 is 0 Å². The molecule has 0 saturated heterocycles. The highest BCUT2D eigenvalue weighted by atomic mass is 15.0. The molecule has 3 rings (SSSR count). The second-order valence-electron chi connectivity index (χ2n) is 4.38. The van der Waals surface area contributed by atoms with Crippen LogP contribution in [0.15, 0.2) is 77.0 Å². The number of nitrogens with zero attached hydrogens (tertiary/aromatic N) is 5. The molecule has 0 bridgehead atoms. The van der Waals surface area contributed by atoms with Crippen LogP contribution < -0.4 is 0 Å². The summed E-state index contributed by atoms with van der Waals surface area (Å²) in [5.41, 5.74) is 1.57. The van der Waals surface area contributed by atoms with E-state index in [1.165, 1.54) is 0 Å². The summed E-state index contributed by atoms with van der Waals surface area (Å²) in [5, 5.41) is 0. The van der Waals surface area contributed by atoms with Crippen molar-refractivity contribution < 1.29 is 0 Å². The number of hydrogen-bond donors (Lipinski definition) is 0. The predicted molar refractivity (Wildman–Crippen MR) is 87.2 cm³/mol. The average molecular weight is 287 g/mol. The van der Waals surface area contributed by atoms with E-state index in [1.54, 1.807) is 24.8 Å². The maximum atomic E-state index is 4.35. The van der Waals surface area contributed by atoms with Gasteiger partial charge in [-0.1, -0.05) is 18.2 Å². The maximum absolute atomic E-state index is 4.35. The van der Waals surface area contributed by atoms with Crippen molar-refractivity contribution in [1.82, 2.24) is 15.0 Å². The van der Waals surface area contributed by atoms with Gasteiger partial charge in [-0.05, 0) is 36.4 Å². The fourth-order valence-corrected chi connectivity index (χ4v) is 1.73. The van der Waals surface area contributed by atoms with Crippen molar-refractivity contribution in [3.8, 4) is 0 Å². The molecule has 3 aromatic heterocycles. The van der Waals surface area contributed by atoms with Crippen molar-refractivity contribution in [1.29, 1.82) is 0 Å². The third-order valence-electron chi connectivity index (χ3n) is 2.75. The first-order chi connectivity index (χ1) is 10.9. The Labute approximate surface area is 128 Å². The van der Waals surface area contributed by atoms with Gasteiger partial charge in [0.1, 0.15) is 0 Å². The normalized spacial score (nSPS) is 11.3. The number of aromatic nitrogens is 3. The van der Waals surface area contributed by atoms with E-state index >= 15 is 0 Å². The first kappa shape index (κ1) is 13.8. The summed E-state index contributed by atoms with van der Waals surface area (Å²) >= 11 is 0. The third-order valence-corrected chi connectivity index (χ3v) is 2.75. The molecule has 5 heteroatoms. The van der Waals surface area contributed by atoms with E-state index in [4.69, 9.17) is 0 Å². The third kappa shape index (κ3) is 3.89. The first-order valence-corrected chi connectivity index (χ1v) is 6.77. The Morgan fingerprint density at radius 3 is 1.64 bits per heavy atom. The average Bonchev–Trinajstić information content (AvgIpc) is 2.60. The molecule has 5 nitrogen and oxygen atoms in total. The lowest BCUT2D eigenvalue weighted by molar-refractivity contribution is 1.23. The van der Waals surface area contributed by atoms with E-state index in [-0.39, 0.29) is 0 Å². The summed E-state index contributed by atoms with van der Waals surface area (Å²) in [5.74, 6) is 1.17. The fourth-order valence-electron chi connectivity index (χ4n) is 1.73. The molecule has 3 aromatic rings. The van der Waals surface area contributed by atoms with Crippen LogP contribution in [-0.2, 0) is 0 Å². The van der Waals surface area contributed by atoms with Crippen LogP contribution in [0.1, 0.15) is 11.4 Å². The molecular formula is C17H13N5. The van der Waals surface area contributed by atoms with Crippen LogP contribution in [0.4, 0.5) is 11.6 Å². The molecule has 0 saturated carbocycles. The Balaban J connectivity index is 1.75. The predicted octanol–water partition coefficient (Wildman–Crippen LogP) is 3.37. The van der Waals surface area contributed by atoms with E-state index < -0.39 is 0 Å². The lowest BCUT2D eigenvalue weighted by atomic mass is 10.4. The summed E-state index contributed by atoms with van der Waals surface area (Å²) < 4.78 is 0. The van der Waals surface area contributed by atoms with Gasteiger partial charge in [0.25, 0.3) is 0 Å². The van der Waals surface area contributed by atoms with Gasteiger partial charge in [0.2, 0.25) is 0 Å². The zero-order valence-corrected chi connectivity index (χ0v) is 11.7. The van der Waals surface area contributed by atoms with Gasteiger partial charge in [0.05, 0.1) is 23.8 Å². The van der Waals surface area contributed by atoms with Crippen LogP contribution >= 0.6 is 0 Å². The molecule has 0 atom stereocenters. The van der Waals surface area contributed by atoms with Crippen molar-refractivity contribution in [2.24, 2.45) is 9.98 Å². The molecule has 106 valence electrons. The van der Waals surface area contributed by atoms with Crippen molar-refractivity contribution in [3.63, 3.8) is 0 Å². The Morgan fingerprint density at radius 1 is 0.636 bits per heavy atom. The minimum atomic E-state index is 0.585. The molecule has 0 fully saturated rings. The fraction of sp³-hybridized carbons (Fsp3) is 0. The molecule has 0 aromatic carbocycles. The quantitative estimate of drug-likeness (QED) is 0.691. The monoisotopic (exact) mass is 287 g/mol. The molecule has 0 spiro atoms. The van der Waals surface area contributed by atoms with Crippen molar-refractivity contribution >= 4 is 24.1 Å². The van der Waals surface area contributed by atoms with Gasteiger partial charge in [-0.25, -0.2) is 15.0 Å². The minimum absolute atomic E-state index is 0.585. The van der Waals surface area contributed by atoms with E-state index in [0.717, 1.165) is 11.4 Å². The highest BCUT2D eigenvalue weighted by Gasteiger charge is 1.94. The molecule has 0 radical (unpaired) electrons. The lowest BCUT2D eigenvalue weighted by Crippen LogP contribution is -1.86. The second kappa shape index (κ2) is 6.99. The van der Waals surface area contributed by atoms with Gasteiger partial charge in [-0.2, -0.15) is 0 Å². The van der Waals surface area contributed by atoms with Crippen molar-refractivity contribution in [3.05, 3.63) is 78.4 Å². The van der Waals surface area contributed by atoms with Gasteiger partial charge in [-0.3, -0.25) is 9.97 Å². The number of hydrogen-bond acceptors (Lipinski definition) is 5. The molecule has 0 unspecified atom stereocenters. The Bertz CT molecular complexity index is 718. The van der Waals surface area contributed by atoms with E-state index in [1.807, 2.05) is 54.6 Å². The van der Waals surface area contributed by atoms with Gasteiger partial charge in [-0.15, -0.1) is 0 Å². The Kier molecular flexibility index (Phi) is 4.37. The van der Waals surface area contributed by atoms with E-state index in [0.29, 0.717) is 11.6 Å². The largest absolute Gasteiger partial charge is 0.255 e. The van der Waals surface area contributed by atoms with Crippen molar-refractivity contribution in [2.75, 3.05) is 0 Å². The van der Waals surface area contributed by atoms with Crippen LogP contribution in [0.2, 0.25) is 0 Å². The van der Waals surface area contributed by atoms with Crippen LogP contribution in [0, 0.1) is 0 Å². The summed E-state index contributed by atoms with van der Waals surface area (Å²) in [6, 6.07) is 16.8.